The van der Waals surface area contributed by atoms with Crippen LogP contribution in [0.3, 0.4) is 0 Å². The molecule has 1 unspecified atom stereocenters. The summed E-state index contributed by atoms with van der Waals surface area (Å²) in [6.45, 7) is -2.86. The summed E-state index contributed by atoms with van der Waals surface area (Å²) in [6, 6.07) is 9.49. The molecule has 0 heterocycles. The fourth-order valence-electron chi connectivity index (χ4n) is 2.70. The Kier molecular flexibility index (Phi) is 5.83. The van der Waals surface area contributed by atoms with Crippen LogP contribution in [0.2, 0.25) is 0 Å². The highest BCUT2D eigenvalue weighted by molar-refractivity contribution is 8.54. The Labute approximate surface area is 148 Å². The van der Waals surface area contributed by atoms with Gasteiger partial charge in [0.25, 0.3) is 0 Å². The Morgan fingerprint density at radius 3 is 2.28 bits per heavy atom. The van der Waals surface area contributed by atoms with Crippen molar-refractivity contribution in [2.24, 2.45) is 0 Å². The Bertz CT molecular complexity index is 803. The highest BCUT2D eigenvalue weighted by Gasteiger charge is 2.39. The van der Waals surface area contributed by atoms with E-state index in [4.69, 9.17) is 0 Å². The van der Waals surface area contributed by atoms with E-state index in [9.17, 15) is 34.8 Å². The summed E-state index contributed by atoms with van der Waals surface area (Å²) in [6.07, 6.45) is 0.275. The first-order valence-electron chi connectivity index (χ1n) is 7.37. The lowest BCUT2D eigenvalue weighted by Crippen LogP contribution is -2.33. The number of benzene rings is 2. The summed E-state index contributed by atoms with van der Waals surface area (Å²) in [4.78, 5) is 18.3. The standard InChI is InChI=1S/C16H19O7PS/c1-2-13(10-4-3-5-11(17)8-10)16(19,20)14-7-6-12(18)9-15(14)25-24(21,22)23/h3-9,13,17-20H,2H2,1H3,(H2,21,22,23). The van der Waals surface area contributed by atoms with Gasteiger partial charge in [-0.3, -0.25) is 0 Å². The molecule has 0 saturated heterocycles. The van der Waals surface area contributed by atoms with E-state index in [-0.39, 0.29) is 39.8 Å². The second-order valence-electron chi connectivity index (χ2n) is 5.54. The number of hydrogen-bond donors (Lipinski definition) is 6. The van der Waals surface area contributed by atoms with Gasteiger partial charge in [0.15, 0.2) is 5.79 Å². The van der Waals surface area contributed by atoms with Gasteiger partial charge in [0, 0.05) is 16.4 Å². The van der Waals surface area contributed by atoms with Crippen LogP contribution < -0.4 is 0 Å². The molecule has 25 heavy (non-hydrogen) atoms. The molecular weight excluding hydrogens is 367 g/mol. The molecule has 0 amide bonds. The second-order valence-corrected chi connectivity index (χ2v) is 9.12. The molecule has 136 valence electrons. The SMILES string of the molecule is CCC(c1cccc(O)c1)C(O)(O)c1ccc(O)cc1SP(=O)(O)O. The van der Waals surface area contributed by atoms with Gasteiger partial charge in [0.05, 0.1) is 0 Å². The number of rotatable bonds is 6. The molecule has 2 aromatic rings. The van der Waals surface area contributed by atoms with Gasteiger partial charge < -0.3 is 30.2 Å². The maximum Gasteiger partial charge on any atom is 0.388 e. The van der Waals surface area contributed by atoms with Crippen molar-refractivity contribution in [1.29, 1.82) is 0 Å². The molecule has 0 aliphatic heterocycles. The third-order valence-corrected chi connectivity index (χ3v) is 5.82. The van der Waals surface area contributed by atoms with E-state index in [0.29, 0.717) is 5.56 Å². The Balaban J connectivity index is 2.55. The van der Waals surface area contributed by atoms with Crippen molar-refractivity contribution in [3.8, 4) is 11.5 Å². The molecule has 2 rings (SSSR count). The van der Waals surface area contributed by atoms with Crippen LogP contribution in [0.15, 0.2) is 47.4 Å². The first kappa shape index (κ1) is 19.8. The normalized spacial score (nSPS) is 13.6. The van der Waals surface area contributed by atoms with Crippen LogP contribution in [0.25, 0.3) is 0 Å². The van der Waals surface area contributed by atoms with E-state index < -0.39 is 18.5 Å². The summed E-state index contributed by atoms with van der Waals surface area (Å²) in [7, 11) is 0. The number of aliphatic hydroxyl groups is 2. The molecule has 1 atom stereocenters. The Morgan fingerprint density at radius 2 is 1.72 bits per heavy atom. The Morgan fingerprint density at radius 1 is 1.08 bits per heavy atom. The average molecular weight is 386 g/mol. The monoisotopic (exact) mass is 386 g/mol. The summed E-state index contributed by atoms with van der Waals surface area (Å²) >= 11 is 0.132. The molecule has 0 bridgehead atoms. The van der Waals surface area contributed by atoms with Gasteiger partial charge in [-0.05, 0) is 53.7 Å². The molecule has 0 aliphatic carbocycles. The van der Waals surface area contributed by atoms with Gasteiger partial charge in [-0.2, -0.15) is 0 Å². The molecule has 0 spiro atoms. The summed E-state index contributed by atoms with van der Waals surface area (Å²) in [5, 5.41) is 40.8. The number of aromatic hydroxyl groups is 2. The maximum atomic E-state index is 11.3. The summed E-state index contributed by atoms with van der Waals surface area (Å²) < 4.78 is 11.3. The van der Waals surface area contributed by atoms with Crippen molar-refractivity contribution in [1.82, 2.24) is 0 Å². The van der Waals surface area contributed by atoms with Gasteiger partial charge >= 0.3 is 6.80 Å². The van der Waals surface area contributed by atoms with Gasteiger partial charge in [0.2, 0.25) is 0 Å². The summed E-state index contributed by atoms with van der Waals surface area (Å²) in [5.41, 5.74) is 0.307. The summed E-state index contributed by atoms with van der Waals surface area (Å²) in [5.74, 6) is -3.66. The largest absolute Gasteiger partial charge is 0.508 e. The molecule has 0 saturated carbocycles. The molecule has 0 radical (unpaired) electrons. The molecule has 9 heteroatoms. The molecule has 0 fully saturated rings. The predicted octanol–water partition coefficient (Wildman–Crippen LogP) is 2.61. The fraction of sp³-hybridized carbons (Fsp3) is 0.250. The van der Waals surface area contributed by atoms with Gasteiger partial charge in [-0.25, -0.2) is 4.57 Å². The predicted molar refractivity (Wildman–Crippen MR) is 93.3 cm³/mol. The van der Waals surface area contributed by atoms with Crippen molar-refractivity contribution in [3.63, 3.8) is 0 Å². The highest BCUT2D eigenvalue weighted by atomic mass is 32.7. The van der Waals surface area contributed by atoms with Gasteiger partial charge in [-0.1, -0.05) is 19.1 Å². The van der Waals surface area contributed by atoms with E-state index in [0.717, 1.165) is 6.07 Å². The highest BCUT2D eigenvalue weighted by Crippen LogP contribution is 2.57. The number of phenolic OH excluding ortho intramolecular Hbond substituents is 2. The fourth-order valence-corrected chi connectivity index (χ4v) is 4.67. The molecular formula is C16H19O7PS. The lowest BCUT2D eigenvalue weighted by molar-refractivity contribution is -0.191. The third-order valence-electron chi connectivity index (χ3n) is 3.75. The third kappa shape index (κ3) is 4.76. The van der Waals surface area contributed by atoms with Gasteiger partial charge in [0.1, 0.15) is 11.5 Å². The van der Waals surface area contributed by atoms with Crippen LogP contribution in [0, 0.1) is 0 Å². The van der Waals surface area contributed by atoms with E-state index in [1.807, 2.05) is 0 Å². The quantitative estimate of drug-likeness (QED) is 0.329. The Hall–Kier alpha value is -1.54. The van der Waals surface area contributed by atoms with Crippen molar-refractivity contribution in [3.05, 3.63) is 53.6 Å². The van der Waals surface area contributed by atoms with Crippen LogP contribution >= 0.6 is 18.2 Å². The van der Waals surface area contributed by atoms with E-state index in [2.05, 4.69) is 0 Å². The van der Waals surface area contributed by atoms with Crippen molar-refractivity contribution in [2.75, 3.05) is 0 Å². The molecule has 7 nitrogen and oxygen atoms in total. The van der Waals surface area contributed by atoms with Crippen molar-refractivity contribution >= 4 is 18.2 Å². The van der Waals surface area contributed by atoms with Crippen LogP contribution in [-0.4, -0.2) is 30.2 Å². The van der Waals surface area contributed by atoms with E-state index in [1.54, 1.807) is 19.1 Å². The first-order chi connectivity index (χ1) is 11.5. The van der Waals surface area contributed by atoms with Crippen LogP contribution in [0.1, 0.15) is 30.4 Å². The smallest absolute Gasteiger partial charge is 0.388 e. The minimum atomic E-state index is -4.58. The minimum Gasteiger partial charge on any atom is -0.508 e. The second kappa shape index (κ2) is 7.37. The van der Waals surface area contributed by atoms with Crippen LogP contribution in [0.4, 0.5) is 0 Å². The average Bonchev–Trinajstić information content (AvgIpc) is 2.45. The van der Waals surface area contributed by atoms with Crippen molar-refractivity contribution < 1.29 is 34.8 Å². The first-order valence-corrected chi connectivity index (χ1v) is 10.4. The van der Waals surface area contributed by atoms with E-state index in [1.165, 1.54) is 24.3 Å². The number of phenols is 2. The maximum absolute atomic E-state index is 11.3. The lowest BCUT2D eigenvalue weighted by Gasteiger charge is -2.33. The number of hydrogen-bond acceptors (Lipinski definition) is 6. The van der Waals surface area contributed by atoms with Crippen LogP contribution in [0.5, 0.6) is 11.5 Å². The molecule has 6 N–H and O–H groups in total. The minimum absolute atomic E-state index is 0.0396. The zero-order chi connectivity index (χ0) is 18.8. The van der Waals surface area contributed by atoms with Crippen molar-refractivity contribution in [2.45, 2.75) is 29.9 Å². The molecule has 0 aliphatic rings. The zero-order valence-electron chi connectivity index (χ0n) is 13.3. The van der Waals surface area contributed by atoms with E-state index >= 15 is 0 Å². The lowest BCUT2D eigenvalue weighted by atomic mass is 9.84. The topological polar surface area (TPSA) is 138 Å². The molecule has 0 aromatic heterocycles. The molecule has 2 aromatic carbocycles. The van der Waals surface area contributed by atoms with Crippen LogP contribution in [-0.2, 0) is 10.4 Å². The zero-order valence-corrected chi connectivity index (χ0v) is 15.0. The van der Waals surface area contributed by atoms with Gasteiger partial charge in [-0.15, -0.1) is 0 Å².